The molecule has 23 heavy (non-hydrogen) atoms. The maximum absolute atomic E-state index is 12.3. The summed E-state index contributed by atoms with van der Waals surface area (Å²) in [6.07, 6.45) is 0. The van der Waals surface area contributed by atoms with Crippen LogP contribution in [0, 0.1) is 0 Å². The molecule has 0 spiro atoms. The van der Waals surface area contributed by atoms with Crippen molar-refractivity contribution in [2.45, 2.75) is 5.75 Å². The Morgan fingerprint density at radius 3 is 2.35 bits per heavy atom. The molecule has 0 aliphatic heterocycles. The lowest BCUT2D eigenvalue weighted by molar-refractivity contribution is 0.102. The fourth-order valence-corrected chi connectivity index (χ4v) is 2.70. The number of carbonyl (C=O) groups excluding carboxylic acids is 1. The van der Waals surface area contributed by atoms with Gasteiger partial charge in [0.25, 0.3) is 5.91 Å². The molecule has 3 N–H and O–H groups in total. The minimum absolute atomic E-state index is 0.229. The summed E-state index contributed by atoms with van der Waals surface area (Å²) in [6, 6.07) is 13.8. The number of rotatable bonds is 5. The molecule has 6 nitrogen and oxygen atoms in total. The van der Waals surface area contributed by atoms with E-state index in [1.807, 2.05) is 31.1 Å². The van der Waals surface area contributed by atoms with Crippen LogP contribution in [0.25, 0.3) is 0 Å². The van der Waals surface area contributed by atoms with Crippen LogP contribution in [0.1, 0.15) is 15.9 Å². The van der Waals surface area contributed by atoms with E-state index < -0.39 is 10.0 Å². The fourth-order valence-electron chi connectivity index (χ4n) is 2.05. The van der Waals surface area contributed by atoms with E-state index in [0.29, 0.717) is 16.8 Å². The molecule has 0 saturated heterocycles. The Morgan fingerprint density at radius 1 is 1.13 bits per heavy atom. The van der Waals surface area contributed by atoms with Crippen LogP contribution < -0.4 is 15.4 Å². The summed E-state index contributed by atoms with van der Waals surface area (Å²) in [6.45, 7) is 0. The highest BCUT2D eigenvalue weighted by molar-refractivity contribution is 7.88. The minimum Gasteiger partial charge on any atom is -0.378 e. The molecule has 0 heterocycles. The molecule has 0 saturated carbocycles. The summed E-state index contributed by atoms with van der Waals surface area (Å²) in [5, 5.41) is 7.78. The standard InChI is InChI=1S/C16H19N3O3S/c1-19(2)15-5-3-4-13(10-15)16(20)18-14-8-6-12(7-9-14)11-23(17,21)22/h3-10H,11H2,1-2H3,(H,18,20)(H2,17,21,22). The molecular weight excluding hydrogens is 314 g/mol. The molecule has 0 aliphatic rings. The molecule has 0 radical (unpaired) electrons. The van der Waals surface area contributed by atoms with E-state index in [0.717, 1.165) is 5.69 Å². The van der Waals surface area contributed by atoms with Crippen LogP contribution >= 0.6 is 0 Å². The third kappa shape index (κ3) is 5.08. The molecule has 0 atom stereocenters. The first-order valence-electron chi connectivity index (χ1n) is 6.93. The highest BCUT2D eigenvalue weighted by atomic mass is 32.2. The predicted octanol–water partition coefficient (Wildman–Crippen LogP) is 1.79. The van der Waals surface area contributed by atoms with Crippen LogP contribution in [-0.4, -0.2) is 28.4 Å². The lowest BCUT2D eigenvalue weighted by Gasteiger charge is -2.13. The molecule has 7 heteroatoms. The monoisotopic (exact) mass is 333 g/mol. The zero-order valence-electron chi connectivity index (χ0n) is 13.0. The molecule has 0 aliphatic carbocycles. The molecule has 1 amide bonds. The number of carbonyl (C=O) groups is 1. The lowest BCUT2D eigenvalue weighted by Crippen LogP contribution is -2.15. The maximum atomic E-state index is 12.3. The molecule has 2 rings (SSSR count). The largest absolute Gasteiger partial charge is 0.378 e. The Hall–Kier alpha value is -2.38. The van der Waals surface area contributed by atoms with Gasteiger partial charge in [-0.2, -0.15) is 0 Å². The molecule has 0 fully saturated rings. The SMILES string of the molecule is CN(C)c1cccc(C(=O)Nc2ccc(CS(N)(=O)=O)cc2)c1. The van der Waals surface area contributed by atoms with Crippen LogP contribution in [0.5, 0.6) is 0 Å². The van der Waals surface area contributed by atoms with Crippen molar-refractivity contribution in [3.63, 3.8) is 0 Å². The van der Waals surface area contributed by atoms with Gasteiger partial charge in [0, 0.05) is 31.0 Å². The number of hydrogen-bond acceptors (Lipinski definition) is 4. The van der Waals surface area contributed by atoms with E-state index in [2.05, 4.69) is 5.32 Å². The number of nitrogens with one attached hydrogen (secondary N) is 1. The maximum Gasteiger partial charge on any atom is 0.255 e. The van der Waals surface area contributed by atoms with Crippen LogP contribution in [0.3, 0.4) is 0 Å². The zero-order valence-corrected chi connectivity index (χ0v) is 13.8. The van der Waals surface area contributed by atoms with Gasteiger partial charge in [-0.05, 0) is 35.9 Å². The van der Waals surface area contributed by atoms with E-state index in [1.54, 1.807) is 36.4 Å². The Labute approximate surface area is 136 Å². The van der Waals surface area contributed by atoms with E-state index >= 15 is 0 Å². The third-order valence-corrected chi connectivity index (χ3v) is 3.94. The first-order chi connectivity index (χ1) is 10.7. The number of hydrogen-bond donors (Lipinski definition) is 2. The second-order valence-electron chi connectivity index (χ2n) is 5.40. The first kappa shape index (κ1) is 17.0. The van der Waals surface area contributed by atoms with Crippen molar-refractivity contribution in [3.8, 4) is 0 Å². The van der Waals surface area contributed by atoms with E-state index in [9.17, 15) is 13.2 Å². The second kappa shape index (κ2) is 6.80. The summed E-state index contributed by atoms with van der Waals surface area (Å²) >= 11 is 0. The van der Waals surface area contributed by atoms with Gasteiger partial charge in [0.2, 0.25) is 10.0 Å². The van der Waals surface area contributed by atoms with Gasteiger partial charge in [-0.25, -0.2) is 13.6 Å². The van der Waals surface area contributed by atoms with Crippen molar-refractivity contribution in [3.05, 3.63) is 59.7 Å². The summed E-state index contributed by atoms with van der Waals surface area (Å²) < 4.78 is 22.1. The van der Waals surface area contributed by atoms with Crippen molar-refractivity contribution in [2.75, 3.05) is 24.3 Å². The van der Waals surface area contributed by atoms with Crippen molar-refractivity contribution >= 4 is 27.3 Å². The van der Waals surface area contributed by atoms with Gasteiger partial charge in [0.15, 0.2) is 0 Å². The summed E-state index contributed by atoms with van der Waals surface area (Å²) in [4.78, 5) is 14.2. The predicted molar refractivity (Wildman–Crippen MR) is 92.0 cm³/mol. The van der Waals surface area contributed by atoms with Gasteiger partial charge in [-0.1, -0.05) is 18.2 Å². The molecule has 2 aromatic rings. The topological polar surface area (TPSA) is 92.5 Å². The number of nitrogens with two attached hydrogens (primary N) is 1. The fraction of sp³-hybridized carbons (Fsp3) is 0.188. The average molecular weight is 333 g/mol. The van der Waals surface area contributed by atoms with E-state index in [4.69, 9.17) is 5.14 Å². The van der Waals surface area contributed by atoms with Crippen LogP contribution in [0.4, 0.5) is 11.4 Å². The molecule has 0 aromatic heterocycles. The quantitative estimate of drug-likeness (QED) is 0.872. The van der Waals surface area contributed by atoms with Crippen LogP contribution in [0.2, 0.25) is 0 Å². The highest BCUT2D eigenvalue weighted by Crippen LogP contribution is 2.16. The molecule has 122 valence electrons. The van der Waals surface area contributed by atoms with Gasteiger partial charge < -0.3 is 10.2 Å². The Kier molecular flexibility index (Phi) is 5.02. The minimum atomic E-state index is -3.56. The highest BCUT2D eigenvalue weighted by Gasteiger charge is 2.09. The number of sulfonamides is 1. The van der Waals surface area contributed by atoms with Crippen molar-refractivity contribution in [1.29, 1.82) is 0 Å². The lowest BCUT2D eigenvalue weighted by atomic mass is 10.1. The number of nitrogens with zero attached hydrogens (tertiary/aromatic N) is 1. The second-order valence-corrected chi connectivity index (χ2v) is 7.02. The summed E-state index contributed by atoms with van der Waals surface area (Å²) in [5.41, 5.74) is 2.63. The number of benzene rings is 2. The normalized spacial score (nSPS) is 11.1. The van der Waals surface area contributed by atoms with Gasteiger partial charge in [0.1, 0.15) is 0 Å². The van der Waals surface area contributed by atoms with Gasteiger partial charge in [-0.15, -0.1) is 0 Å². The van der Waals surface area contributed by atoms with Crippen molar-refractivity contribution in [1.82, 2.24) is 0 Å². The van der Waals surface area contributed by atoms with E-state index in [-0.39, 0.29) is 11.7 Å². The molecule has 2 aromatic carbocycles. The van der Waals surface area contributed by atoms with Gasteiger partial charge in [0.05, 0.1) is 5.75 Å². The third-order valence-electron chi connectivity index (χ3n) is 3.20. The molecule has 0 bridgehead atoms. The zero-order chi connectivity index (χ0) is 17.0. The first-order valence-corrected chi connectivity index (χ1v) is 8.64. The summed E-state index contributed by atoms with van der Waals surface area (Å²) in [5.74, 6) is -0.459. The Bertz CT molecular complexity index is 800. The Morgan fingerprint density at radius 2 is 1.78 bits per heavy atom. The number of primary sulfonamides is 1. The van der Waals surface area contributed by atoms with Crippen LogP contribution in [0.15, 0.2) is 48.5 Å². The Balaban J connectivity index is 2.10. The smallest absolute Gasteiger partial charge is 0.255 e. The van der Waals surface area contributed by atoms with Crippen LogP contribution in [-0.2, 0) is 15.8 Å². The van der Waals surface area contributed by atoms with Gasteiger partial charge in [-0.3, -0.25) is 4.79 Å². The number of anilines is 2. The summed E-state index contributed by atoms with van der Waals surface area (Å²) in [7, 11) is 0.247. The van der Waals surface area contributed by atoms with E-state index in [1.165, 1.54) is 0 Å². The van der Waals surface area contributed by atoms with Crippen molar-refractivity contribution in [2.24, 2.45) is 5.14 Å². The molecule has 0 unspecified atom stereocenters. The average Bonchev–Trinajstić information content (AvgIpc) is 2.48. The molecular formula is C16H19N3O3S. The number of amides is 1. The van der Waals surface area contributed by atoms with Crippen molar-refractivity contribution < 1.29 is 13.2 Å². The van der Waals surface area contributed by atoms with Gasteiger partial charge >= 0.3 is 0 Å².